The molecule has 3 heteroatoms. The van der Waals surface area contributed by atoms with Crippen LogP contribution < -0.4 is 4.74 Å². The fraction of sp³-hybridized carbons (Fsp3) is 0.625. The van der Waals surface area contributed by atoms with Gasteiger partial charge in [0.15, 0.2) is 0 Å². The molecule has 1 aliphatic carbocycles. The highest BCUT2D eigenvalue weighted by Gasteiger charge is 2.36. The van der Waals surface area contributed by atoms with E-state index in [1.54, 1.807) is 7.11 Å². The van der Waals surface area contributed by atoms with E-state index in [0.29, 0.717) is 18.9 Å². The van der Waals surface area contributed by atoms with Crippen LogP contribution in [0.3, 0.4) is 0 Å². The molecule has 2 atom stereocenters. The van der Waals surface area contributed by atoms with Crippen LogP contribution >= 0.6 is 0 Å². The lowest BCUT2D eigenvalue weighted by Crippen LogP contribution is -2.33. The monoisotopic (exact) mass is 264 g/mol. The number of ether oxygens (including phenoxy) is 2. The predicted octanol–water partition coefficient (Wildman–Crippen LogP) is 2.72. The first kappa shape index (κ1) is 14.4. The van der Waals surface area contributed by atoms with Gasteiger partial charge in [0.05, 0.1) is 19.3 Å². The number of rotatable bonds is 7. The average Bonchev–Trinajstić information content (AvgIpc) is 3.20. The predicted molar refractivity (Wildman–Crippen MR) is 75.6 cm³/mol. The van der Waals surface area contributed by atoms with Gasteiger partial charge in [-0.2, -0.15) is 0 Å². The van der Waals surface area contributed by atoms with E-state index >= 15 is 0 Å². The minimum absolute atomic E-state index is 0.0322. The van der Waals surface area contributed by atoms with Crippen molar-refractivity contribution in [1.82, 2.24) is 0 Å². The summed E-state index contributed by atoms with van der Waals surface area (Å²) in [6.45, 7) is 4.69. The Morgan fingerprint density at radius 3 is 2.68 bits per heavy atom. The van der Waals surface area contributed by atoms with Gasteiger partial charge < -0.3 is 14.6 Å². The van der Waals surface area contributed by atoms with Crippen LogP contribution in [0.4, 0.5) is 0 Å². The molecular weight excluding hydrogens is 240 g/mol. The van der Waals surface area contributed by atoms with Crippen LogP contribution in [0.25, 0.3) is 0 Å². The number of aryl methyl sites for hydroxylation is 1. The van der Waals surface area contributed by atoms with E-state index in [2.05, 4.69) is 13.0 Å². The van der Waals surface area contributed by atoms with E-state index in [9.17, 15) is 5.11 Å². The lowest BCUT2D eigenvalue weighted by molar-refractivity contribution is -0.0441. The molecule has 0 bridgehead atoms. The van der Waals surface area contributed by atoms with Gasteiger partial charge in [-0.25, -0.2) is 0 Å². The first-order valence-electron chi connectivity index (χ1n) is 7.09. The minimum Gasteiger partial charge on any atom is -0.496 e. The molecule has 1 fully saturated rings. The molecule has 19 heavy (non-hydrogen) atoms. The molecule has 1 saturated carbocycles. The summed E-state index contributed by atoms with van der Waals surface area (Å²) in [5, 5.41) is 10.4. The molecule has 2 unspecified atom stereocenters. The summed E-state index contributed by atoms with van der Waals surface area (Å²) in [7, 11) is 1.67. The maximum absolute atomic E-state index is 10.4. The molecule has 1 N–H and O–H groups in total. The first-order valence-corrected chi connectivity index (χ1v) is 7.09. The highest BCUT2D eigenvalue weighted by atomic mass is 16.5. The lowest BCUT2D eigenvalue weighted by atomic mass is 9.99. The van der Waals surface area contributed by atoms with E-state index in [0.717, 1.165) is 11.3 Å². The third-order valence-corrected chi connectivity index (χ3v) is 3.69. The standard InChI is InChI=1S/C16H24O3/c1-4-19-16(12-6-7-12)14(17)10-13-9-11(2)5-8-15(13)18-3/h5,8-9,12,14,16-17H,4,6-7,10H2,1-3H3. The van der Waals surface area contributed by atoms with Crippen molar-refractivity contribution < 1.29 is 14.6 Å². The molecule has 2 rings (SSSR count). The van der Waals surface area contributed by atoms with Crippen LogP contribution in [0.1, 0.15) is 30.9 Å². The van der Waals surface area contributed by atoms with Crippen LogP contribution in [-0.4, -0.2) is 31.0 Å². The maximum atomic E-state index is 10.4. The topological polar surface area (TPSA) is 38.7 Å². The van der Waals surface area contributed by atoms with E-state index < -0.39 is 6.10 Å². The second kappa shape index (κ2) is 6.40. The van der Waals surface area contributed by atoms with Crippen molar-refractivity contribution in [2.75, 3.05) is 13.7 Å². The largest absolute Gasteiger partial charge is 0.496 e. The summed E-state index contributed by atoms with van der Waals surface area (Å²) in [6, 6.07) is 6.07. The molecule has 1 aliphatic rings. The molecule has 0 amide bonds. The van der Waals surface area contributed by atoms with Gasteiger partial charge >= 0.3 is 0 Å². The van der Waals surface area contributed by atoms with Crippen molar-refractivity contribution in [2.45, 2.75) is 45.3 Å². The smallest absolute Gasteiger partial charge is 0.122 e. The third-order valence-electron chi connectivity index (χ3n) is 3.69. The summed E-state index contributed by atoms with van der Waals surface area (Å²) < 4.78 is 11.1. The normalized spacial score (nSPS) is 18.1. The van der Waals surface area contributed by atoms with Crippen molar-refractivity contribution in [2.24, 2.45) is 5.92 Å². The fourth-order valence-corrected chi connectivity index (χ4v) is 2.59. The number of hydrogen-bond donors (Lipinski definition) is 1. The molecule has 0 heterocycles. The Labute approximate surface area is 115 Å². The molecule has 0 aromatic heterocycles. The SMILES string of the molecule is CCOC(C(O)Cc1cc(C)ccc1OC)C1CC1. The van der Waals surface area contributed by atoms with E-state index in [1.807, 2.05) is 19.1 Å². The van der Waals surface area contributed by atoms with Crippen molar-refractivity contribution in [3.8, 4) is 5.75 Å². The Bertz CT molecular complexity index is 412. The van der Waals surface area contributed by atoms with Crippen molar-refractivity contribution in [3.63, 3.8) is 0 Å². The molecular formula is C16H24O3. The third kappa shape index (κ3) is 3.71. The summed E-state index contributed by atoms with van der Waals surface area (Å²) in [6.07, 6.45) is 2.45. The van der Waals surface area contributed by atoms with Crippen LogP contribution in [0.2, 0.25) is 0 Å². The average molecular weight is 264 g/mol. The highest BCUT2D eigenvalue weighted by Crippen LogP contribution is 2.37. The number of methoxy groups -OCH3 is 1. The zero-order chi connectivity index (χ0) is 13.8. The van der Waals surface area contributed by atoms with E-state index in [4.69, 9.17) is 9.47 Å². The van der Waals surface area contributed by atoms with Gasteiger partial charge in [0.25, 0.3) is 0 Å². The lowest BCUT2D eigenvalue weighted by Gasteiger charge is -2.23. The number of benzene rings is 1. The van der Waals surface area contributed by atoms with Gasteiger partial charge in [-0.15, -0.1) is 0 Å². The van der Waals surface area contributed by atoms with Gasteiger partial charge in [0.2, 0.25) is 0 Å². The van der Waals surface area contributed by atoms with Crippen LogP contribution in [0.5, 0.6) is 5.75 Å². The minimum atomic E-state index is -0.455. The Hall–Kier alpha value is -1.06. The summed E-state index contributed by atoms with van der Waals surface area (Å²) in [5.74, 6) is 1.38. The van der Waals surface area contributed by atoms with Gasteiger partial charge in [0.1, 0.15) is 5.75 Å². The fourth-order valence-electron chi connectivity index (χ4n) is 2.59. The molecule has 3 nitrogen and oxygen atoms in total. The molecule has 106 valence electrons. The Morgan fingerprint density at radius 2 is 2.11 bits per heavy atom. The molecule has 0 radical (unpaired) electrons. The quantitative estimate of drug-likeness (QED) is 0.823. The zero-order valence-electron chi connectivity index (χ0n) is 12.1. The molecule has 0 spiro atoms. The van der Waals surface area contributed by atoms with Crippen molar-refractivity contribution in [1.29, 1.82) is 0 Å². The summed E-state index contributed by atoms with van der Waals surface area (Å²) in [4.78, 5) is 0. The van der Waals surface area contributed by atoms with Gasteiger partial charge in [0, 0.05) is 13.0 Å². The second-order valence-corrected chi connectivity index (χ2v) is 5.34. The molecule has 0 saturated heterocycles. The first-order chi connectivity index (χ1) is 9.15. The Balaban J connectivity index is 2.08. The van der Waals surface area contributed by atoms with Gasteiger partial charge in [-0.1, -0.05) is 17.7 Å². The van der Waals surface area contributed by atoms with Crippen LogP contribution in [0, 0.1) is 12.8 Å². The second-order valence-electron chi connectivity index (χ2n) is 5.34. The Kier molecular flexibility index (Phi) is 4.83. The number of aliphatic hydroxyl groups excluding tert-OH is 1. The Morgan fingerprint density at radius 1 is 1.37 bits per heavy atom. The van der Waals surface area contributed by atoms with Gasteiger partial charge in [-0.3, -0.25) is 0 Å². The number of hydrogen-bond acceptors (Lipinski definition) is 3. The number of aliphatic hydroxyl groups is 1. The van der Waals surface area contributed by atoms with Gasteiger partial charge in [-0.05, 0) is 44.2 Å². The van der Waals surface area contributed by atoms with Crippen LogP contribution in [0.15, 0.2) is 18.2 Å². The molecule has 1 aromatic rings. The maximum Gasteiger partial charge on any atom is 0.122 e. The van der Waals surface area contributed by atoms with Crippen LogP contribution in [-0.2, 0) is 11.2 Å². The summed E-state index contributed by atoms with van der Waals surface area (Å²) >= 11 is 0. The van der Waals surface area contributed by atoms with E-state index in [-0.39, 0.29) is 6.10 Å². The van der Waals surface area contributed by atoms with E-state index in [1.165, 1.54) is 18.4 Å². The highest BCUT2D eigenvalue weighted by molar-refractivity contribution is 5.37. The van der Waals surface area contributed by atoms with Crippen molar-refractivity contribution in [3.05, 3.63) is 29.3 Å². The van der Waals surface area contributed by atoms with Crippen molar-refractivity contribution >= 4 is 0 Å². The summed E-state index contributed by atoms with van der Waals surface area (Å²) in [5.41, 5.74) is 2.24. The molecule has 0 aliphatic heterocycles. The zero-order valence-corrected chi connectivity index (χ0v) is 12.1. The molecule has 1 aromatic carbocycles.